The molecule has 0 aliphatic heterocycles. The highest BCUT2D eigenvalue weighted by molar-refractivity contribution is 6.30. The summed E-state index contributed by atoms with van der Waals surface area (Å²) in [7, 11) is 1.75. The van der Waals surface area contributed by atoms with E-state index in [2.05, 4.69) is 9.97 Å². The number of amides is 1. The molecule has 1 aromatic carbocycles. The Bertz CT molecular complexity index is 1010. The highest BCUT2D eigenvalue weighted by atomic mass is 35.5. The van der Waals surface area contributed by atoms with Gasteiger partial charge < -0.3 is 9.47 Å². The number of halogens is 1. The standard InChI is InChI=1S/C20H19ClN4O2/c1-4-25(20(27)17-6-5-15(21)9-13(17)2)16-10-14(11-22-12-16)18(26)19-23-7-8-24(19)3/h5-12H,4H2,1-3H3. The Morgan fingerprint density at radius 3 is 2.63 bits per heavy atom. The molecule has 0 saturated carbocycles. The van der Waals surface area contributed by atoms with Gasteiger partial charge in [0.05, 0.1) is 11.9 Å². The zero-order valence-corrected chi connectivity index (χ0v) is 16.1. The normalized spacial score (nSPS) is 10.7. The molecule has 0 saturated heterocycles. The molecule has 0 spiro atoms. The monoisotopic (exact) mass is 382 g/mol. The highest BCUT2D eigenvalue weighted by Crippen LogP contribution is 2.22. The summed E-state index contributed by atoms with van der Waals surface area (Å²) in [6, 6.07) is 6.81. The summed E-state index contributed by atoms with van der Waals surface area (Å²) in [5, 5.41) is 0.580. The molecule has 0 N–H and O–H groups in total. The van der Waals surface area contributed by atoms with Gasteiger partial charge in [-0.2, -0.15) is 0 Å². The third kappa shape index (κ3) is 3.75. The number of rotatable bonds is 5. The van der Waals surface area contributed by atoms with Crippen molar-refractivity contribution in [3.63, 3.8) is 0 Å². The van der Waals surface area contributed by atoms with Gasteiger partial charge in [-0.15, -0.1) is 0 Å². The Hall–Kier alpha value is -2.99. The molecule has 138 valence electrons. The van der Waals surface area contributed by atoms with E-state index in [-0.39, 0.29) is 11.7 Å². The molecular weight excluding hydrogens is 364 g/mol. The van der Waals surface area contributed by atoms with Gasteiger partial charge in [0.25, 0.3) is 5.91 Å². The maximum absolute atomic E-state index is 13.0. The molecule has 0 atom stereocenters. The van der Waals surface area contributed by atoms with Gasteiger partial charge in [0.15, 0.2) is 5.82 Å². The van der Waals surface area contributed by atoms with E-state index < -0.39 is 0 Å². The summed E-state index contributed by atoms with van der Waals surface area (Å²) in [5.74, 6) is -0.102. The number of ketones is 1. The summed E-state index contributed by atoms with van der Waals surface area (Å²) >= 11 is 5.99. The minimum atomic E-state index is -0.247. The molecular formula is C20H19ClN4O2. The van der Waals surface area contributed by atoms with Crippen molar-refractivity contribution < 1.29 is 9.59 Å². The van der Waals surface area contributed by atoms with Crippen LogP contribution in [0.25, 0.3) is 0 Å². The van der Waals surface area contributed by atoms with Crippen molar-refractivity contribution in [3.8, 4) is 0 Å². The largest absolute Gasteiger partial charge is 0.331 e. The Morgan fingerprint density at radius 2 is 2.00 bits per heavy atom. The molecule has 2 heterocycles. The van der Waals surface area contributed by atoms with E-state index in [1.165, 1.54) is 6.20 Å². The van der Waals surface area contributed by atoms with Crippen LogP contribution in [0.5, 0.6) is 0 Å². The van der Waals surface area contributed by atoms with Crippen molar-refractivity contribution in [1.29, 1.82) is 0 Å². The zero-order valence-electron chi connectivity index (χ0n) is 15.3. The molecule has 1 amide bonds. The van der Waals surface area contributed by atoms with E-state index in [1.54, 1.807) is 59.4 Å². The number of hydrogen-bond donors (Lipinski definition) is 0. The summed E-state index contributed by atoms with van der Waals surface area (Å²) in [5.41, 5.74) is 2.28. The predicted octanol–water partition coefficient (Wildman–Crippen LogP) is 3.67. The van der Waals surface area contributed by atoms with Crippen LogP contribution in [0.4, 0.5) is 5.69 Å². The number of benzene rings is 1. The Morgan fingerprint density at radius 1 is 1.22 bits per heavy atom. The number of anilines is 1. The fourth-order valence-electron chi connectivity index (χ4n) is 2.87. The molecule has 0 unspecified atom stereocenters. The molecule has 0 fully saturated rings. The minimum Gasteiger partial charge on any atom is -0.331 e. The van der Waals surface area contributed by atoms with Crippen LogP contribution in [0.3, 0.4) is 0 Å². The average Bonchev–Trinajstić information content (AvgIpc) is 3.08. The molecule has 0 aliphatic carbocycles. The fourth-order valence-corrected chi connectivity index (χ4v) is 3.10. The van der Waals surface area contributed by atoms with Gasteiger partial charge in [-0.05, 0) is 43.7 Å². The van der Waals surface area contributed by atoms with Gasteiger partial charge >= 0.3 is 0 Å². The maximum Gasteiger partial charge on any atom is 0.258 e. The van der Waals surface area contributed by atoms with Gasteiger partial charge in [0.1, 0.15) is 0 Å². The average molecular weight is 383 g/mol. The number of pyridine rings is 1. The Labute approximate surface area is 162 Å². The van der Waals surface area contributed by atoms with Crippen LogP contribution in [0.15, 0.2) is 49.1 Å². The van der Waals surface area contributed by atoms with Gasteiger partial charge in [-0.1, -0.05) is 11.6 Å². The van der Waals surface area contributed by atoms with Crippen molar-refractivity contribution in [2.75, 3.05) is 11.4 Å². The van der Waals surface area contributed by atoms with E-state index >= 15 is 0 Å². The lowest BCUT2D eigenvalue weighted by molar-refractivity contribution is 0.0984. The van der Waals surface area contributed by atoms with E-state index in [9.17, 15) is 9.59 Å². The smallest absolute Gasteiger partial charge is 0.258 e. The maximum atomic E-state index is 13.0. The van der Waals surface area contributed by atoms with Crippen LogP contribution in [0.2, 0.25) is 5.02 Å². The van der Waals surface area contributed by atoms with Crippen molar-refractivity contribution in [1.82, 2.24) is 14.5 Å². The van der Waals surface area contributed by atoms with Crippen molar-refractivity contribution >= 4 is 29.0 Å². The molecule has 0 radical (unpaired) electrons. The molecule has 0 aliphatic rings. The molecule has 0 bridgehead atoms. The van der Waals surface area contributed by atoms with Crippen LogP contribution in [0, 0.1) is 6.92 Å². The number of aryl methyl sites for hydroxylation is 2. The second-order valence-corrected chi connectivity index (χ2v) is 6.57. The van der Waals surface area contributed by atoms with Gasteiger partial charge in [-0.3, -0.25) is 14.6 Å². The Balaban J connectivity index is 1.95. The third-order valence-corrected chi connectivity index (χ3v) is 4.54. The number of carbonyl (C=O) groups excluding carboxylic acids is 2. The van der Waals surface area contributed by atoms with Crippen molar-refractivity contribution in [2.45, 2.75) is 13.8 Å². The fraction of sp³-hybridized carbons (Fsp3) is 0.200. The number of nitrogens with zero attached hydrogens (tertiary/aromatic N) is 4. The lowest BCUT2D eigenvalue weighted by Crippen LogP contribution is -2.31. The summed E-state index contributed by atoms with van der Waals surface area (Å²) in [4.78, 5) is 35.5. The quantitative estimate of drug-likeness (QED) is 0.631. The molecule has 7 heteroatoms. The first kappa shape index (κ1) is 18.8. The van der Waals surface area contributed by atoms with E-state index in [0.717, 1.165) is 5.56 Å². The summed E-state index contributed by atoms with van der Waals surface area (Å²) in [6.07, 6.45) is 6.32. The number of hydrogen-bond acceptors (Lipinski definition) is 4. The first-order valence-electron chi connectivity index (χ1n) is 8.47. The molecule has 3 aromatic rings. The van der Waals surface area contributed by atoms with Crippen LogP contribution < -0.4 is 4.90 Å². The van der Waals surface area contributed by atoms with Gasteiger partial charge in [-0.25, -0.2) is 4.98 Å². The lowest BCUT2D eigenvalue weighted by Gasteiger charge is -2.22. The van der Waals surface area contributed by atoms with Gasteiger partial charge in [0, 0.05) is 48.3 Å². The van der Waals surface area contributed by atoms with Crippen LogP contribution in [-0.4, -0.2) is 32.8 Å². The van der Waals surface area contributed by atoms with Crippen molar-refractivity contribution in [2.24, 2.45) is 7.05 Å². The SMILES string of the molecule is CCN(C(=O)c1ccc(Cl)cc1C)c1cncc(C(=O)c2nccn2C)c1. The summed E-state index contributed by atoms with van der Waals surface area (Å²) in [6.45, 7) is 4.14. The van der Waals surface area contributed by atoms with Crippen LogP contribution in [0.1, 0.15) is 39.0 Å². The first-order chi connectivity index (χ1) is 12.9. The van der Waals surface area contributed by atoms with Crippen LogP contribution in [-0.2, 0) is 7.05 Å². The van der Waals surface area contributed by atoms with E-state index in [4.69, 9.17) is 11.6 Å². The summed E-state index contributed by atoms with van der Waals surface area (Å²) < 4.78 is 1.65. The predicted molar refractivity (Wildman–Crippen MR) is 104 cm³/mol. The molecule has 6 nitrogen and oxygen atoms in total. The lowest BCUT2D eigenvalue weighted by atomic mass is 10.1. The molecule has 2 aromatic heterocycles. The molecule has 27 heavy (non-hydrogen) atoms. The minimum absolute atomic E-state index is 0.171. The second kappa shape index (κ2) is 7.72. The van der Waals surface area contributed by atoms with E-state index in [0.29, 0.717) is 34.2 Å². The Kier molecular flexibility index (Phi) is 5.37. The number of imidazole rings is 1. The first-order valence-corrected chi connectivity index (χ1v) is 8.85. The van der Waals surface area contributed by atoms with Crippen LogP contribution >= 0.6 is 11.6 Å². The molecule has 3 rings (SSSR count). The third-order valence-electron chi connectivity index (χ3n) is 4.30. The van der Waals surface area contributed by atoms with E-state index in [1.807, 2.05) is 13.8 Å². The number of aromatic nitrogens is 3. The highest BCUT2D eigenvalue weighted by Gasteiger charge is 2.21. The topological polar surface area (TPSA) is 68.1 Å². The second-order valence-electron chi connectivity index (χ2n) is 6.13. The van der Waals surface area contributed by atoms with Crippen molar-refractivity contribution in [3.05, 3.63) is 76.6 Å². The number of carbonyl (C=O) groups is 2. The van der Waals surface area contributed by atoms with Gasteiger partial charge in [0.2, 0.25) is 5.78 Å². The zero-order chi connectivity index (χ0) is 19.6.